The summed E-state index contributed by atoms with van der Waals surface area (Å²) in [4.78, 5) is 13.7. The van der Waals surface area contributed by atoms with Gasteiger partial charge in [-0.05, 0) is 17.3 Å². The van der Waals surface area contributed by atoms with Crippen molar-refractivity contribution in [3.8, 4) is 0 Å². The van der Waals surface area contributed by atoms with Crippen LogP contribution in [0, 0.1) is 4.91 Å². The summed E-state index contributed by atoms with van der Waals surface area (Å²) in [7, 11) is 0. The van der Waals surface area contributed by atoms with Gasteiger partial charge in [-0.15, -0.1) is 4.91 Å². The van der Waals surface area contributed by atoms with Gasteiger partial charge in [0, 0.05) is 18.0 Å². The van der Waals surface area contributed by atoms with E-state index in [-0.39, 0.29) is 5.70 Å². The lowest BCUT2D eigenvalue weighted by molar-refractivity contribution is 1.30. The van der Waals surface area contributed by atoms with E-state index in [2.05, 4.69) is 16.7 Å². The van der Waals surface area contributed by atoms with E-state index < -0.39 is 0 Å². The van der Waals surface area contributed by atoms with Gasteiger partial charge in [-0.3, -0.25) is 4.98 Å². The van der Waals surface area contributed by atoms with Crippen molar-refractivity contribution < 1.29 is 0 Å². The molecular weight excluding hydrogens is 128 g/mol. The lowest BCUT2D eigenvalue weighted by atomic mass is 10.2. The molecule has 0 saturated heterocycles. The van der Waals surface area contributed by atoms with Gasteiger partial charge >= 0.3 is 0 Å². The van der Waals surface area contributed by atoms with Crippen molar-refractivity contribution in [2.45, 2.75) is 0 Å². The van der Waals surface area contributed by atoms with Gasteiger partial charge in [0.1, 0.15) is 5.70 Å². The van der Waals surface area contributed by atoms with Crippen LogP contribution in [0.2, 0.25) is 0 Å². The fraction of sp³-hybridized carbons (Fsp3) is 0. The van der Waals surface area contributed by atoms with Crippen LogP contribution in [0.5, 0.6) is 0 Å². The molecule has 0 fully saturated rings. The number of rotatable bonds is 2. The molecule has 0 amide bonds. The number of hydrogen-bond acceptors (Lipinski definition) is 3. The highest BCUT2D eigenvalue weighted by Crippen LogP contribution is 2.09. The summed E-state index contributed by atoms with van der Waals surface area (Å²) < 4.78 is 0. The highest BCUT2D eigenvalue weighted by Gasteiger charge is 1.94. The van der Waals surface area contributed by atoms with E-state index in [1.165, 1.54) is 0 Å². The second-order valence-corrected chi connectivity index (χ2v) is 1.78. The van der Waals surface area contributed by atoms with Gasteiger partial charge in [-0.1, -0.05) is 6.58 Å². The Balaban J connectivity index is 2.95. The number of aromatic nitrogens is 1. The zero-order valence-corrected chi connectivity index (χ0v) is 5.32. The van der Waals surface area contributed by atoms with Crippen molar-refractivity contribution in [2.75, 3.05) is 0 Å². The third kappa shape index (κ3) is 1.25. The molecule has 0 aliphatic heterocycles. The van der Waals surface area contributed by atoms with Gasteiger partial charge in [0.25, 0.3) is 0 Å². The van der Waals surface area contributed by atoms with E-state index in [1.54, 1.807) is 24.5 Å². The molecule has 0 spiro atoms. The van der Waals surface area contributed by atoms with Crippen molar-refractivity contribution in [3.05, 3.63) is 41.6 Å². The quantitative estimate of drug-likeness (QED) is 0.579. The van der Waals surface area contributed by atoms with Gasteiger partial charge in [-0.2, -0.15) is 0 Å². The highest BCUT2D eigenvalue weighted by molar-refractivity contribution is 5.60. The molecule has 0 N–H and O–H groups in total. The third-order valence-corrected chi connectivity index (χ3v) is 1.10. The molecule has 3 heteroatoms. The summed E-state index contributed by atoms with van der Waals surface area (Å²) in [6, 6.07) is 3.46. The van der Waals surface area contributed by atoms with E-state index in [0.717, 1.165) is 0 Å². The third-order valence-electron chi connectivity index (χ3n) is 1.10. The molecule has 0 saturated carbocycles. The van der Waals surface area contributed by atoms with Crippen LogP contribution in [-0.4, -0.2) is 4.98 Å². The smallest absolute Gasteiger partial charge is 0.109 e. The molecule has 0 aliphatic carbocycles. The SMILES string of the molecule is C=C(N=O)c1cccnc1. The van der Waals surface area contributed by atoms with Crippen LogP contribution in [0.1, 0.15) is 5.56 Å². The summed E-state index contributed by atoms with van der Waals surface area (Å²) in [6.07, 6.45) is 3.17. The zero-order chi connectivity index (χ0) is 7.40. The van der Waals surface area contributed by atoms with Crippen LogP contribution < -0.4 is 0 Å². The minimum absolute atomic E-state index is 0.216. The maximum absolute atomic E-state index is 9.93. The molecule has 0 aromatic carbocycles. The molecule has 0 aliphatic rings. The minimum Gasteiger partial charge on any atom is -0.264 e. The van der Waals surface area contributed by atoms with Gasteiger partial charge < -0.3 is 0 Å². The highest BCUT2D eigenvalue weighted by atomic mass is 16.3. The van der Waals surface area contributed by atoms with Crippen LogP contribution in [0.4, 0.5) is 0 Å². The molecule has 0 unspecified atom stereocenters. The Kier molecular flexibility index (Phi) is 1.89. The summed E-state index contributed by atoms with van der Waals surface area (Å²) in [5.74, 6) is 0. The summed E-state index contributed by atoms with van der Waals surface area (Å²) in [6.45, 7) is 3.42. The second-order valence-electron chi connectivity index (χ2n) is 1.78. The predicted octanol–water partition coefficient (Wildman–Crippen LogP) is 1.82. The number of pyridine rings is 1. The standard InChI is InChI=1S/C7H6N2O/c1-6(9-10)7-3-2-4-8-5-7/h2-5H,1H2. The fourth-order valence-electron chi connectivity index (χ4n) is 0.586. The molecule has 0 radical (unpaired) electrons. The van der Waals surface area contributed by atoms with Gasteiger partial charge in [-0.25, -0.2) is 0 Å². The molecular formula is C7H6N2O. The van der Waals surface area contributed by atoms with Crippen LogP contribution in [0.25, 0.3) is 5.70 Å². The fourth-order valence-corrected chi connectivity index (χ4v) is 0.586. The molecule has 1 aromatic rings. The largest absolute Gasteiger partial charge is 0.264 e. The van der Waals surface area contributed by atoms with E-state index in [1.807, 2.05) is 0 Å². The average Bonchev–Trinajstić information content (AvgIpc) is 2.05. The normalized spacial score (nSPS) is 8.80. The lowest BCUT2D eigenvalue weighted by Crippen LogP contribution is -1.78. The molecule has 3 nitrogen and oxygen atoms in total. The number of nitroso groups, excluding NO2 is 1. The molecule has 1 rings (SSSR count). The Hall–Kier alpha value is -1.51. The van der Waals surface area contributed by atoms with Gasteiger partial charge in [0.15, 0.2) is 0 Å². The van der Waals surface area contributed by atoms with E-state index in [0.29, 0.717) is 5.56 Å². The first-order chi connectivity index (χ1) is 4.84. The molecule has 10 heavy (non-hydrogen) atoms. The maximum Gasteiger partial charge on any atom is 0.109 e. The topological polar surface area (TPSA) is 42.3 Å². The Morgan fingerprint density at radius 1 is 1.70 bits per heavy atom. The van der Waals surface area contributed by atoms with Crippen molar-refractivity contribution in [3.63, 3.8) is 0 Å². The second kappa shape index (κ2) is 2.87. The van der Waals surface area contributed by atoms with Crippen molar-refractivity contribution >= 4 is 5.70 Å². The molecule has 1 heterocycles. The van der Waals surface area contributed by atoms with Crippen molar-refractivity contribution in [1.29, 1.82) is 0 Å². The Morgan fingerprint density at radius 3 is 3.00 bits per heavy atom. The van der Waals surface area contributed by atoms with Crippen LogP contribution in [-0.2, 0) is 0 Å². The summed E-state index contributed by atoms with van der Waals surface area (Å²) in [5, 5.41) is 2.67. The molecule has 50 valence electrons. The first-order valence-corrected chi connectivity index (χ1v) is 2.77. The van der Waals surface area contributed by atoms with Gasteiger partial charge in [0.05, 0.1) is 0 Å². The lowest BCUT2D eigenvalue weighted by Gasteiger charge is -1.91. The summed E-state index contributed by atoms with van der Waals surface area (Å²) >= 11 is 0. The first kappa shape index (κ1) is 6.61. The van der Waals surface area contributed by atoms with E-state index in [4.69, 9.17) is 0 Å². The van der Waals surface area contributed by atoms with Crippen molar-refractivity contribution in [2.24, 2.45) is 5.18 Å². The monoisotopic (exact) mass is 134 g/mol. The zero-order valence-electron chi connectivity index (χ0n) is 5.32. The molecule has 0 atom stereocenters. The number of hydrogen-bond donors (Lipinski definition) is 0. The van der Waals surface area contributed by atoms with E-state index in [9.17, 15) is 4.91 Å². The van der Waals surface area contributed by atoms with Crippen LogP contribution in [0.3, 0.4) is 0 Å². The Bertz CT molecular complexity index is 243. The van der Waals surface area contributed by atoms with Gasteiger partial charge in [0.2, 0.25) is 0 Å². The van der Waals surface area contributed by atoms with Crippen LogP contribution >= 0.6 is 0 Å². The van der Waals surface area contributed by atoms with E-state index >= 15 is 0 Å². The Labute approximate surface area is 58.4 Å². The predicted molar refractivity (Wildman–Crippen MR) is 39.1 cm³/mol. The first-order valence-electron chi connectivity index (χ1n) is 2.77. The number of nitrogens with zero attached hydrogens (tertiary/aromatic N) is 2. The minimum atomic E-state index is 0.216. The molecule has 1 aromatic heterocycles. The van der Waals surface area contributed by atoms with Crippen molar-refractivity contribution in [1.82, 2.24) is 4.98 Å². The maximum atomic E-state index is 9.93. The average molecular weight is 134 g/mol. The Morgan fingerprint density at radius 2 is 2.50 bits per heavy atom. The van der Waals surface area contributed by atoms with Crippen LogP contribution in [0.15, 0.2) is 36.3 Å². The summed E-state index contributed by atoms with van der Waals surface area (Å²) in [5.41, 5.74) is 0.880. The molecule has 0 bridgehead atoms.